The summed E-state index contributed by atoms with van der Waals surface area (Å²) in [6.07, 6.45) is -13.2. The number of hydrogen-bond donors (Lipinski definition) is 2. The van der Waals surface area contributed by atoms with Crippen molar-refractivity contribution in [2.45, 2.75) is 18.3 Å². The van der Waals surface area contributed by atoms with Gasteiger partial charge in [0.1, 0.15) is 11.5 Å². The molecule has 10 heteroatoms. The van der Waals surface area contributed by atoms with Crippen molar-refractivity contribution in [1.82, 2.24) is 0 Å². The monoisotopic (exact) mass is 376 g/mol. The topological polar surface area (TPSA) is 40.5 Å². The molecule has 2 N–H and O–H groups in total. The van der Waals surface area contributed by atoms with Crippen molar-refractivity contribution in [2.24, 2.45) is 0 Å². The van der Waals surface area contributed by atoms with E-state index in [9.17, 15) is 35.1 Å². The minimum Gasteiger partial charge on any atom is -0.508 e. The van der Waals surface area contributed by atoms with E-state index in [4.69, 9.17) is 10.2 Å². The lowest BCUT2D eigenvalue weighted by Gasteiger charge is -2.21. The predicted octanol–water partition coefficient (Wildman–Crippen LogP) is 5.53. The fourth-order valence-electron chi connectivity index (χ4n) is 1.02. The van der Waals surface area contributed by atoms with E-state index in [1.165, 1.54) is 0 Å². The summed E-state index contributed by atoms with van der Waals surface area (Å²) in [5, 5.41) is 17.3. The summed E-state index contributed by atoms with van der Waals surface area (Å²) in [5.41, 5.74) is 0. The molecule has 0 radical (unpaired) electrons. The van der Waals surface area contributed by atoms with Crippen molar-refractivity contribution < 1.29 is 45.3 Å². The van der Waals surface area contributed by atoms with Crippen LogP contribution in [0.25, 0.3) is 0 Å². The Morgan fingerprint density at radius 1 is 0.480 bits per heavy atom. The van der Waals surface area contributed by atoms with E-state index < -0.39 is 18.3 Å². The van der Waals surface area contributed by atoms with Crippen LogP contribution in [0.5, 0.6) is 11.5 Å². The molecule has 0 aliphatic rings. The van der Waals surface area contributed by atoms with Gasteiger partial charge in [-0.2, -0.15) is 35.1 Å². The Morgan fingerprint density at radius 3 is 0.800 bits per heavy atom. The standard InChI is InChI=1S/2C6H6O.C3F8/c2*7-6-4-2-1-3-5-6;4-1(5,2(6,7)8)3(9,10)11/h2*1-5,7H;. The Bertz CT molecular complexity index is 541. The molecule has 0 atom stereocenters. The third-order valence-electron chi connectivity index (χ3n) is 2.22. The molecule has 0 heterocycles. The second-order valence-electron chi connectivity index (χ2n) is 4.24. The minimum absolute atomic E-state index is 0.322. The number of benzene rings is 2. The first kappa shape index (κ1) is 22.5. The van der Waals surface area contributed by atoms with Gasteiger partial charge < -0.3 is 10.2 Å². The first-order chi connectivity index (χ1) is 11.3. The number of para-hydroxylation sites is 2. The van der Waals surface area contributed by atoms with Gasteiger partial charge >= 0.3 is 18.3 Å². The molecule has 0 fully saturated rings. The molecule has 0 aliphatic heterocycles. The molecule has 2 aromatic carbocycles. The highest BCUT2D eigenvalue weighted by atomic mass is 19.5. The lowest BCUT2D eigenvalue weighted by molar-refractivity contribution is -0.389. The smallest absolute Gasteiger partial charge is 0.463 e. The Kier molecular flexibility index (Phi) is 8.17. The van der Waals surface area contributed by atoms with Crippen molar-refractivity contribution in [3.63, 3.8) is 0 Å². The average Bonchev–Trinajstić information content (AvgIpc) is 2.48. The summed E-state index contributed by atoms with van der Waals surface area (Å²) >= 11 is 0. The molecular weight excluding hydrogens is 364 g/mol. The quantitative estimate of drug-likeness (QED) is 0.594. The summed E-state index contributed by atoms with van der Waals surface area (Å²) in [6.45, 7) is 0. The number of rotatable bonds is 0. The van der Waals surface area contributed by atoms with Crippen molar-refractivity contribution >= 4 is 0 Å². The lowest BCUT2D eigenvalue weighted by Crippen LogP contribution is -2.49. The van der Waals surface area contributed by atoms with Crippen molar-refractivity contribution in [3.8, 4) is 11.5 Å². The van der Waals surface area contributed by atoms with E-state index in [1.54, 1.807) is 48.5 Å². The van der Waals surface area contributed by atoms with E-state index in [0.29, 0.717) is 11.5 Å². The Balaban J connectivity index is 0.000000358. The van der Waals surface area contributed by atoms with E-state index in [1.807, 2.05) is 12.1 Å². The lowest BCUT2D eigenvalue weighted by atomic mass is 10.3. The highest BCUT2D eigenvalue weighted by molar-refractivity contribution is 5.19. The SMILES string of the molecule is FC(F)(F)C(F)(F)C(F)(F)F.Oc1ccccc1.Oc1ccccc1. The maximum absolute atomic E-state index is 11.2. The number of hydrogen-bond acceptors (Lipinski definition) is 2. The van der Waals surface area contributed by atoms with Gasteiger partial charge in [0.15, 0.2) is 0 Å². The van der Waals surface area contributed by atoms with Crippen LogP contribution in [0.15, 0.2) is 60.7 Å². The summed E-state index contributed by atoms with van der Waals surface area (Å²) < 4.78 is 87.5. The molecule has 0 spiro atoms. The molecule has 0 saturated heterocycles. The molecule has 0 amide bonds. The van der Waals surface area contributed by atoms with Gasteiger partial charge in [-0.05, 0) is 24.3 Å². The molecule has 2 aromatic rings. The van der Waals surface area contributed by atoms with Crippen LogP contribution in [0.4, 0.5) is 35.1 Å². The molecule has 140 valence electrons. The first-order valence-electron chi connectivity index (χ1n) is 6.28. The normalized spacial score (nSPS) is 11.5. The Labute approximate surface area is 137 Å². The predicted molar refractivity (Wildman–Crippen MR) is 73.3 cm³/mol. The highest BCUT2D eigenvalue weighted by Crippen LogP contribution is 2.46. The van der Waals surface area contributed by atoms with Crippen LogP contribution in [-0.4, -0.2) is 28.5 Å². The fourth-order valence-corrected chi connectivity index (χ4v) is 1.02. The van der Waals surface area contributed by atoms with Gasteiger partial charge in [0.05, 0.1) is 0 Å². The maximum atomic E-state index is 11.2. The fraction of sp³-hybridized carbons (Fsp3) is 0.200. The van der Waals surface area contributed by atoms with Gasteiger partial charge in [-0.15, -0.1) is 0 Å². The average molecular weight is 376 g/mol. The summed E-state index contributed by atoms with van der Waals surface area (Å²) in [4.78, 5) is 0. The van der Waals surface area contributed by atoms with E-state index in [0.717, 1.165) is 0 Å². The number of alkyl halides is 8. The highest BCUT2D eigenvalue weighted by Gasteiger charge is 2.74. The van der Waals surface area contributed by atoms with Crippen LogP contribution >= 0.6 is 0 Å². The van der Waals surface area contributed by atoms with Crippen LogP contribution in [0.3, 0.4) is 0 Å². The third-order valence-corrected chi connectivity index (χ3v) is 2.22. The van der Waals surface area contributed by atoms with Crippen LogP contribution in [0, 0.1) is 0 Å². The zero-order valence-corrected chi connectivity index (χ0v) is 12.2. The van der Waals surface area contributed by atoms with Gasteiger partial charge in [0.2, 0.25) is 0 Å². The van der Waals surface area contributed by atoms with Crippen molar-refractivity contribution in [1.29, 1.82) is 0 Å². The summed E-state index contributed by atoms with van der Waals surface area (Å²) in [6, 6.07) is 17.4. The van der Waals surface area contributed by atoms with Crippen molar-refractivity contribution in [2.75, 3.05) is 0 Å². The molecule has 2 nitrogen and oxygen atoms in total. The van der Waals surface area contributed by atoms with E-state index >= 15 is 0 Å². The van der Waals surface area contributed by atoms with Gasteiger partial charge in [0, 0.05) is 0 Å². The number of aromatic hydroxyl groups is 2. The molecule has 0 saturated carbocycles. The molecular formula is C15H12F8O2. The Hall–Kier alpha value is -2.52. The van der Waals surface area contributed by atoms with Gasteiger partial charge in [-0.1, -0.05) is 36.4 Å². The van der Waals surface area contributed by atoms with Crippen molar-refractivity contribution in [3.05, 3.63) is 60.7 Å². The second kappa shape index (κ2) is 9.09. The molecule has 0 aromatic heterocycles. The molecule has 0 unspecified atom stereocenters. The second-order valence-corrected chi connectivity index (χ2v) is 4.24. The molecule has 25 heavy (non-hydrogen) atoms. The van der Waals surface area contributed by atoms with Crippen LogP contribution in [-0.2, 0) is 0 Å². The van der Waals surface area contributed by atoms with E-state index in [2.05, 4.69) is 0 Å². The Morgan fingerprint density at radius 2 is 0.720 bits per heavy atom. The van der Waals surface area contributed by atoms with Gasteiger partial charge in [-0.3, -0.25) is 0 Å². The zero-order chi connectivity index (χ0) is 19.7. The molecule has 2 rings (SSSR count). The maximum Gasteiger partial charge on any atom is 0.463 e. The van der Waals surface area contributed by atoms with Crippen LogP contribution < -0.4 is 0 Å². The van der Waals surface area contributed by atoms with Gasteiger partial charge in [-0.25, -0.2) is 0 Å². The minimum atomic E-state index is -6.62. The zero-order valence-electron chi connectivity index (χ0n) is 12.2. The van der Waals surface area contributed by atoms with E-state index in [-0.39, 0.29) is 0 Å². The third kappa shape index (κ3) is 8.23. The van der Waals surface area contributed by atoms with Gasteiger partial charge in [0.25, 0.3) is 0 Å². The number of halogens is 8. The van der Waals surface area contributed by atoms with Crippen LogP contribution in [0.1, 0.15) is 0 Å². The summed E-state index contributed by atoms with van der Waals surface area (Å²) in [7, 11) is 0. The largest absolute Gasteiger partial charge is 0.508 e. The molecule has 0 bridgehead atoms. The number of phenolic OH excluding ortho intramolecular Hbond substituents is 2. The molecule has 0 aliphatic carbocycles. The number of phenols is 2. The first-order valence-corrected chi connectivity index (χ1v) is 6.28. The summed E-state index contributed by atoms with van der Waals surface area (Å²) in [5.74, 6) is -5.98. The van der Waals surface area contributed by atoms with Crippen LogP contribution in [0.2, 0.25) is 0 Å².